The highest BCUT2D eigenvalue weighted by Gasteiger charge is 2.26. The molecule has 1 saturated heterocycles. The largest absolute Gasteiger partial charge is 0.462 e. The predicted molar refractivity (Wildman–Crippen MR) is 104 cm³/mol. The first-order chi connectivity index (χ1) is 13.0. The van der Waals surface area contributed by atoms with Crippen LogP contribution in [0.1, 0.15) is 54.8 Å². The van der Waals surface area contributed by atoms with Gasteiger partial charge < -0.3 is 9.64 Å². The zero-order valence-corrected chi connectivity index (χ0v) is 16.8. The molecular formula is C19H25N3O4S. The summed E-state index contributed by atoms with van der Waals surface area (Å²) in [5.74, 6) is -0.498. The van der Waals surface area contributed by atoms with Crippen molar-refractivity contribution in [3.63, 3.8) is 0 Å². The van der Waals surface area contributed by atoms with Gasteiger partial charge in [-0.2, -0.15) is 0 Å². The lowest BCUT2D eigenvalue weighted by Gasteiger charge is -2.35. The number of piperidine rings is 1. The van der Waals surface area contributed by atoms with Crippen molar-refractivity contribution >= 4 is 33.4 Å². The molecule has 0 N–H and O–H groups in total. The zero-order valence-electron chi connectivity index (χ0n) is 16.0. The highest BCUT2D eigenvalue weighted by atomic mass is 32.1. The Morgan fingerprint density at radius 1 is 1.33 bits per heavy atom. The Kier molecular flexibility index (Phi) is 5.94. The highest BCUT2D eigenvalue weighted by Crippen LogP contribution is 2.27. The van der Waals surface area contributed by atoms with Crippen LogP contribution in [0.2, 0.25) is 0 Å². The molecule has 0 unspecified atom stereocenters. The zero-order chi connectivity index (χ0) is 19.6. The molecule has 0 radical (unpaired) electrons. The van der Waals surface area contributed by atoms with Crippen molar-refractivity contribution < 1.29 is 14.3 Å². The molecule has 2 aromatic heterocycles. The van der Waals surface area contributed by atoms with Crippen molar-refractivity contribution in [1.82, 2.24) is 14.5 Å². The second kappa shape index (κ2) is 8.21. The molecule has 27 heavy (non-hydrogen) atoms. The molecule has 1 aliphatic rings. The maximum absolute atomic E-state index is 12.9. The number of thiophene rings is 1. The fourth-order valence-corrected chi connectivity index (χ4v) is 4.69. The van der Waals surface area contributed by atoms with E-state index < -0.39 is 5.97 Å². The molecule has 1 amide bonds. The molecule has 1 aliphatic heterocycles. The minimum absolute atomic E-state index is 0.0255. The molecule has 3 rings (SSSR count). The number of aromatic nitrogens is 2. The SMILES string of the molecule is CCOC(=O)c1sc2ncn(CC(=O)N3CCCC[C@@H]3CC)c(=O)c2c1C. The minimum Gasteiger partial charge on any atom is -0.462 e. The van der Waals surface area contributed by atoms with Crippen molar-refractivity contribution in [2.24, 2.45) is 0 Å². The van der Waals surface area contributed by atoms with E-state index in [4.69, 9.17) is 4.74 Å². The van der Waals surface area contributed by atoms with E-state index in [1.54, 1.807) is 13.8 Å². The Labute approximate surface area is 161 Å². The van der Waals surface area contributed by atoms with E-state index in [2.05, 4.69) is 11.9 Å². The summed E-state index contributed by atoms with van der Waals surface area (Å²) in [4.78, 5) is 44.9. The van der Waals surface area contributed by atoms with Crippen molar-refractivity contribution in [2.45, 2.75) is 59.0 Å². The van der Waals surface area contributed by atoms with Gasteiger partial charge in [-0.3, -0.25) is 14.2 Å². The summed E-state index contributed by atoms with van der Waals surface area (Å²) in [6, 6.07) is 0.247. The van der Waals surface area contributed by atoms with E-state index in [1.165, 1.54) is 10.9 Å². The average molecular weight is 391 g/mol. The standard InChI is InChI=1S/C19H25N3O4S/c1-4-13-8-6-7-9-22(13)14(23)10-21-11-20-17-15(18(21)24)12(3)16(27-17)19(25)26-5-2/h11,13H,4-10H2,1-3H3/t13-/m0/s1. The summed E-state index contributed by atoms with van der Waals surface area (Å²) >= 11 is 1.15. The van der Waals surface area contributed by atoms with Gasteiger partial charge in [0.05, 0.1) is 18.3 Å². The summed E-state index contributed by atoms with van der Waals surface area (Å²) in [6.07, 6.45) is 5.48. The number of carbonyl (C=O) groups excluding carboxylic acids is 2. The van der Waals surface area contributed by atoms with Crippen molar-refractivity contribution in [3.8, 4) is 0 Å². The molecule has 3 heterocycles. The van der Waals surface area contributed by atoms with Crippen LogP contribution < -0.4 is 5.56 Å². The third-order valence-electron chi connectivity index (χ3n) is 5.10. The molecule has 0 aromatic carbocycles. The lowest BCUT2D eigenvalue weighted by atomic mass is 10.00. The van der Waals surface area contributed by atoms with Crippen LogP contribution >= 0.6 is 11.3 Å². The quantitative estimate of drug-likeness (QED) is 0.732. The van der Waals surface area contributed by atoms with E-state index in [-0.39, 0.29) is 30.7 Å². The maximum Gasteiger partial charge on any atom is 0.348 e. The Morgan fingerprint density at radius 3 is 2.81 bits per heavy atom. The van der Waals surface area contributed by atoms with E-state index in [1.807, 2.05) is 4.90 Å². The van der Waals surface area contributed by atoms with E-state index in [0.29, 0.717) is 20.7 Å². The monoisotopic (exact) mass is 391 g/mol. The summed E-state index contributed by atoms with van der Waals surface area (Å²) in [5.41, 5.74) is 0.278. The van der Waals surface area contributed by atoms with Gasteiger partial charge in [-0.25, -0.2) is 9.78 Å². The third kappa shape index (κ3) is 3.76. The Balaban J connectivity index is 1.90. The van der Waals surface area contributed by atoms with Gasteiger partial charge in [0.25, 0.3) is 5.56 Å². The fraction of sp³-hybridized carbons (Fsp3) is 0.579. The maximum atomic E-state index is 12.9. The molecule has 146 valence electrons. The molecule has 7 nitrogen and oxygen atoms in total. The van der Waals surface area contributed by atoms with Crippen LogP contribution in [0.15, 0.2) is 11.1 Å². The number of fused-ring (bicyclic) bond motifs is 1. The van der Waals surface area contributed by atoms with Gasteiger partial charge in [-0.1, -0.05) is 6.92 Å². The van der Waals surface area contributed by atoms with Gasteiger partial charge in [0.2, 0.25) is 5.91 Å². The summed E-state index contributed by atoms with van der Waals surface area (Å²) in [6.45, 7) is 6.53. The van der Waals surface area contributed by atoms with Crippen LogP contribution in [0.5, 0.6) is 0 Å². The number of esters is 1. The van der Waals surface area contributed by atoms with Crippen molar-refractivity contribution in [1.29, 1.82) is 0 Å². The van der Waals surface area contributed by atoms with E-state index >= 15 is 0 Å². The number of hydrogen-bond acceptors (Lipinski definition) is 6. The highest BCUT2D eigenvalue weighted by molar-refractivity contribution is 7.20. The van der Waals surface area contributed by atoms with Crippen LogP contribution in [-0.2, 0) is 16.1 Å². The smallest absolute Gasteiger partial charge is 0.348 e. The van der Waals surface area contributed by atoms with E-state index in [9.17, 15) is 14.4 Å². The number of hydrogen-bond donors (Lipinski definition) is 0. The van der Waals surface area contributed by atoms with Gasteiger partial charge in [0.15, 0.2) is 0 Å². The first kappa shape index (κ1) is 19.5. The molecule has 0 bridgehead atoms. The lowest BCUT2D eigenvalue weighted by molar-refractivity contribution is -0.135. The Hall–Kier alpha value is -2.22. The minimum atomic E-state index is -0.445. The summed E-state index contributed by atoms with van der Waals surface area (Å²) in [7, 11) is 0. The molecule has 1 atom stereocenters. The fourth-order valence-electron chi connectivity index (χ4n) is 3.65. The molecule has 8 heteroatoms. The average Bonchev–Trinajstić information content (AvgIpc) is 3.01. The summed E-state index contributed by atoms with van der Waals surface area (Å²) < 4.78 is 6.40. The number of likely N-dealkylation sites (tertiary alicyclic amines) is 1. The van der Waals surface area contributed by atoms with Crippen LogP contribution in [0.3, 0.4) is 0 Å². The van der Waals surface area contributed by atoms with Crippen molar-refractivity contribution in [3.05, 3.63) is 27.1 Å². The lowest BCUT2D eigenvalue weighted by Crippen LogP contribution is -2.45. The molecular weight excluding hydrogens is 366 g/mol. The van der Waals surface area contributed by atoms with Gasteiger partial charge in [0.1, 0.15) is 16.3 Å². The first-order valence-electron chi connectivity index (χ1n) is 9.43. The van der Waals surface area contributed by atoms with Gasteiger partial charge in [-0.15, -0.1) is 11.3 Å². The number of aryl methyl sites for hydroxylation is 1. The Bertz CT molecular complexity index is 918. The van der Waals surface area contributed by atoms with Crippen LogP contribution in [-0.4, -0.2) is 45.5 Å². The second-order valence-electron chi connectivity index (χ2n) is 6.78. The third-order valence-corrected chi connectivity index (χ3v) is 6.28. The predicted octanol–water partition coefficient (Wildman–Crippen LogP) is 2.73. The topological polar surface area (TPSA) is 81.5 Å². The van der Waals surface area contributed by atoms with Gasteiger partial charge in [-0.05, 0) is 45.1 Å². The molecule has 0 aliphatic carbocycles. The van der Waals surface area contributed by atoms with Gasteiger partial charge in [0, 0.05) is 12.6 Å². The first-order valence-corrected chi connectivity index (χ1v) is 10.2. The number of rotatable bonds is 5. The van der Waals surface area contributed by atoms with E-state index in [0.717, 1.165) is 43.6 Å². The molecule has 2 aromatic rings. The van der Waals surface area contributed by atoms with Crippen LogP contribution in [0.4, 0.5) is 0 Å². The molecule has 1 fully saturated rings. The summed E-state index contributed by atoms with van der Waals surface area (Å²) in [5, 5.41) is 0.393. The number of ether oxygens (including phenoxy) is 1. The molecule has 0 spiro atoms. The number of carbonyl (C=O) groups is 2. The second-order valence-corrected chi connectivity index (χ2v) is 7.78. The molecule has 0 saturated carbocycles. The van der Waals surface area contributed by atoms with Crippen LogP contribution in [0.25, 0.3) is 10.2 Å². The van der Waals surface area contributed by atoms with Crippen LogP contribution in [0, 0.1) is 6.92 Å². The number of amides is 1. The Morgan fingerprint density at radius 2 is 2.11 bits per heavy atom. The van der Waals surface area contributed by atoms with Gasteiger partial charge >= 0.3 is 5.97 Å². The normalized spacial score (nSPS) is 17.3. The number of nitrogens with zero attached hydrogens (tertiary/aromatic N) is 3. The van der Waals surface area contributed by atoms with Crippen molar-refractivity contribution in [2.75, 3.05) is 13.2 Å².